The Labute approximate surface area is 77.1 Å². The first-order valence-corrected chi connectivity index (χ1v) is 4.35. The van der Waals surface area contributed by atoms with Crippen LogP contribution in [0.1, 0.15) is 13.8 Å². The predicted molar refractivity (Wildman–Crippen MR) is 44.9 cm³/mol. The Balaban J connectivity index is 2.11. The molecule has 2 fully saturated rings. The molecule has 0 aliphatic carbocycles. The van der Waals surface area contributed by atoms with Crippen molar-refractivity contribution in [2.75, 3.05) is 0 Å². The highest BCUT2D eigenvalue weighted by Gasteiger charge is 2.53. The highest BCUT2D eigenvalue weighted by molar-refractivity contribution is 4.99. The standard InChI is InChI=1S/C9H14O4/c1-4-5-6(10)7-8(11-5)13-9(2,3)12-7/h4-8,10H,1H2,2-3H3. The van der Waals surface area contributed by atoms with Crippen molar-refractivity contribution in [2.24, 2.45) is 0 Å². The molecule has 0 aromatic rings. The number of rotatable bonds is 1. The molecule has 2 rings (SSSR count). The van der Waals surface area contributed by atoms with Crippen LogP contribution in [0.3, 0.4) is 0 Å². The van der Waals surface area contributed by atoms with Crippen molar-refractivity contribution in [1.29, 1.82) is 0 Å². The van der Waals surface area contributed by atoms with E-state index in [1.165, 1.54) is 0 Å². The van der Waals surface area contributed by atoms with Gasteiger partial charge in [0.05, 0.1) is 0 Å². The molecule has 13 heavy (non-hydrogen) atoms. The summed E-state index contributed by atoms with van der Waals surface area (Å²) in [4.78, 5) is 0. The van der Waals surface area contributed by atoms with Crippen molar-refractivity contribution in [1.82, 2.24) is 0 Å². The third-order valence-electron chi connectivity index (χ3n) is 2.28. The SMILES string of the molecule is C=CC1OC2OC(C)(C)OC2C1O. The maximum atomic E-state index is 9.69. The van der Waals surface area contributed by atoms with E-state index >= 15 is 0 Å². The topological polar surface area (TPSA) is 47.9 Å². The first-order chi connectivity index (χ1) is 6.03. The van der Waals surface area contributed by atoms with E-state index in [0.29, 0.717) is 0 Å². The highest BCUT2D eigenvalue weighted by atomic mass is 16.8. The normalized spacial score (nSPS) is 47.6. The monoisotopic (exact) mass is 186 g/mol. The number of aliphatic hydroxyl groups excluding tert-OH is 1. The first-order valence-electron chi connectivity index (χ1n) is 4.35. The van der Waals surface area contributed by atoms with Gasteiger partial charge in [-0.25, -0.2) is 0 Å². The van der Waals surface area contributed by atoms with Crippen LogP contribution in [0.15, 0.2) is 12.7 Å². The first kappa shape index (κ1) is 9.15. The zero-order valence-electron chi connectivity index (χ0n) is 7.77. The van der Waals surface area contributed by atoms with E-state index in [1.807, 2.05) is 0 Å². The van der Waals surface area contributed by atoms with Gasteiger partial charge in [0.25, 0.3) is 0 Å². The van der Waals surface area contributed by atoms with E-state index in [1.54, 1.807) is 19.9 Å². The summed E-state index contributed by atoms with van der Waals surface area (Å²) in [5.41, 5.74) is 0. The molecule has 4 nitrogen and oxygen atoms in total. The summed E-state index contributed by atoms with van der Waals surface area (Å²) in [5.74, 6) is -0.664. The van der Waals surface area contributed by atoms with Gasteiger partial charge in [-0.05, 0) is 13.8 Å². The minimum Gasteiger partial charge on any atom is -0.387 e. The lowest BCUT2D eigenvalue weighted by molar-refractivity contribution is -0.209. The molecule has 2 saturated heterocycles. The molecule has 2 aliphatic heterocycles. The largest absolute Gasteiger partial charge is 0.387 e. The second-order valence-corrected chi connectivity index (χ2v) is 3.80. The zero-order chi connectivity index (χ0) is 9.64. The predicted octanol–water partition coefficient (Wildman–Crippen LogP) is 0.410. The van der Waals surface area contributed by atoms with Crippen LogP contribution in [-0.4, -0.2) is 35.5 Å². The molecular formula is C9H14O4. The molecule has 0 aromatic heterocycles. The van der Waals surface area contributed by atoms with E-state index in [0.717, 1.165) is 0 Å². The summed E-state index contributed by atoms with van der Waals surface area (Å²) in [7, 11) is 0. The van der Waals surface area contributed by atoms with Gasteiger partial charge in [0, 0.05) is 0 Å². The molecule has 0 aromatic carbocycles. The average molecular weight is 186 g/mol. The van der Waals surface area contributed by atoms with E-state index in [-0.39, 0.29) is 6.10 Å². The number of fused-ring (bicyclic) bond motifs is 1. The number of hydrogen-bond donors (Lipinski definition) is 1. The Bertz CT molecular complexity index is 226. The van der Waals surface area contributed by atoms with E-state index < -0.39 is 24.3 Å². The molecule has 2 aliphatic rings. The quantitative estimate of drug-likeness (QED) is 0.602. The fourth-order valence-corrected chi connectivity index (χ4v) is 1.71. The van der Waals surface area contributed by atoms with Gasteiger partial charge < -0.3 is 19.3 Å². The Kier molecular flexibility index (Phi) is 1.96. The molecule has 74 valence electrons. The van der Waals surface area contributed by atoms with Crippen molar-refractivity contribution in [3.05, 3.63) is 12.7 Å². The zero-order valence-corrected chi connectivity index (χ0v) is 7.77. The Morgan fingerprint density at radius 1 is 1.38 bits per heavy atom. The maximum Gasteiger partial charge on any atom is 0.190 e. The Morgan fingerprint density at radius 3 is 2.62 bits per heavy atom. The summed E-state index contributed by atoms with van der Waals surface area (Å²) in [6.07, 6.45) is -0.357. The molecule has 0 bridgehead atoms. The van der Waals surface area contributed by atoms with Crippen LogP contribution < -0.4 is 0 Å². The van der Waals surface area contributed by atoms with E-state index in [2.05, 4.69) is 6.58 Å². The molecule has 1 N–H and O–H groups in total. The van der Waals surface area contributed by atoms with Gasteiger partial charge in [0.2, 0.25) is 0 Å². The van der Waals surface area contributed by atoms with Crippen LogP contribution in [0, 0.1) is 0 Å². The number of aliphatic hydroxyl groups is 1. The second kappa shape index (κ2) is 2.78. The summed E-state index contributed by atoms with van der Waals surface area (Å²) < 4.78 is 16.3. The molecule has 4 atom stereocenters. The van der Waals surface area contributed by atoms with Crippen LogP contribution in [0.2, 0.25) is 0 Å². The highest BCUT2D eigenvalue weighted by Crippen LogP contribution is 2.37. The van der Waals surface area contributed by atoms with Gasteiger partial charge in [-0.1, -0.05) is 6.08 Å². The van der Waals surface area contributed by atoms with Crippen molar-refractivity contribution in [3.63, 3.8) is 0 Å². The molecule has 0 amide bonds. The molecule has 0 spiro atoms. The summed E-state index contributed by atoms with van der Waals surface area (Å²) >= 11 is 0. The molecule has 4 heteroatoms. The van der Waals surface area contributed by atoms with Gasteiger partial charge in [0.1, 0.15) is 18.3 Å². The number of ether oxygens (including phenoxy) is 3. The molecule has 4 unspecified atom stereocenters. The van der Waals surface area contributed by atoms with Crippen molar-refractivity contribution in [3.8, 4) is 0 Å². The fraction of sp³-hybridized carbons (Fsp3) is 0.778. The van der Waals surface area contributed by atoms with Crippen LogP contribution in [0.4, 0.5) is 0 Å². The molecule has 0 saturated carbocycles. The van der Waals surface area contributed by atoms with Gasteiger partial charge in [-0.15, -0.1) is 6.58 Å². The summed E-state index contributed by atoms with van der Waals surface area (Å²) in [5, 5.41) is 9.69. The fourth-order valence-electron chi connectivity index (χ4n) is 1.71. The minimum atomic E-state index is -0.677. The van der Waals surface area contributed by atoms with Crippen molar-refractivity contribution < 1.29 is 19.3 Å². The van der Waals surface area contributed by atoms with Gasteiger partial charge in [-0.2, -0.15) is 0 Å². The van der Waals surface area contributed by atoms with E-state index in [4.69, 9.17) is 14.2 Å². The van der Waals surface area contributed by atoms with Gasteiger partial charge in [0.15, 0.2) is 12.1 Å². The third-order valence-corrected chi connectivity index (χ3v) is 2.28. The maximum absolute atomic E-state index is 9.69. The lowest BCUT2D eigenvalue weighted by atomic mass is 10.1. The lowest BCUT2D eigenvalue weighted by Crippen LogP contribution is -2.33. The van der Waals surface area contributed by atoms with Gasteiger partial charge >= 0.3 is 0 Å². The van der Waals surface area contributed by atoms with Crippen molar-refractivity contribution in [2.45, 2.75) is 44.2 Å². The smallest absolute Gasteiger partial charge is 0.190 e. The van der Waals surface area contributed by atoms with Crippen LogP contribution in [-0.2, 0) is 14.2 Å². The summed E-state index contributed by atoms with van der Waals surface area (Å²) in [6.45, 7) is 7.15. The van der Waals surface area contributed by atoms with Crippen LogP contribution in [0.5, 0.6) is 0 Å². The average Bonchev–Trinajstić information content (AvgIpc) is 2.47. The van der Waals surface area contributed by atoms with E-state index in [9.17, 15) is 5.11 Å². The second-order valence-electron chi connectivity index (χ2n) is 3.80. The third kappa shape index (κ3) is 1.40. The molecular weight excluding hydrogens is 172 g/mol. The van der Waals surface area contributed by atoms with Crippen LogP contribution in [0.25, 0.3) is 0 Å². The van der Waals surface area contributed by atoms with Crippen molar-refractivity contribution >= 4 is 0 Å². The number of hydrogen-bond acceptors (Lipinski definition) is 4. The van der Waals surface area contributed by atoms with Gasteiger partial charge in [-0.3, -0.25) is 0 Å². The van der Waals surface area contributed by atoms with Crippen LogP contribution >= 0.6 is 0 Å². The molecule has 2 heterocycles. The Hall–Kier alpha value is -0.420. The lowest BCUT2D eigenvalue weighted by Gasteiger charge is -2.21. The molecule has 0 radical (unpaired) electrons. The Morgan fingerprint density at radius 2 is 2.08 bits per heavy atom. The minimum absolute atomic E-state index is 0.383. The summed E-state index contributed by atoms with van der Waals surface area (Å²) in [6, 6.07) is 0.